The summed E-state index contributed by atoms with van der Waals surface area (Å²) < 4.78 is 0. The van der Waals surface area contributed by atoms with Crippen LogP contribution in [-0.4, -0.2) is 47.9 Å². The Morgan fingerprint density at radius 2 is 1.50 bits per heavy atom. The van der Waals surface area contributed by atoms with Crippen LogP contribution in [0.3, 0.4) is 0 Å². The highest BCUT2D eigenvalue weighted by Gasteiger charge is 2.81. The fourth-order valence-electron chi connectivity index (χ4n) is 7.32. The quantitative estimate of drug-likeness (QED) is 0.325. The molecular formula is C25H51P3. The fourth-order valence-corrected chi connectivity index (χ4v) is 17.8. The minimum atomic E-state index is -0.727. The smallest absolute Gasteiger partial charge is 0.00291 e. The summed E-state index contributed by atoms with van der Waals surface area (Å²) in [4.78, 5) is 0. The predicted molar refractivity (Wildman–Crippen MR) is 147 cm³/mol. The van der Waals surface area contributed by atoms with Gasteiger partial charge in [-0.3, -0.25) is 0 Å². The second-order valence-electron chi connectivity index (χ2n) is 12.0. The lowest BCUT2D eigenvalue weighted by atomic mass is 9.65. The summed E-state index contributed by atoms with van der Waals surface area (Å²) in [6.45, 7) is 25.2. The predicted octanol–water partition coefficient (Wildman–Crippen LogP) is 7.41. The van der Waals surface area contributed by atoms with E-state index in [4.69, 9.17) is 12.6 Å². The van der Waals surface area contributed by atoms with E-state index in [1.54, 1.807) is 0 Å². The number of hydrogen-bond donors (Lipinski definition) is 0. The van der Waals surface area contributed by atoms with E-state index in [1.807, 2.05) is 0 Å². The highest BCUT2D eigenvalue weighted by molar-refractivity contribution is 7.75. The van der Waals surface area contributed by atoms with Crippen molar-refractivity contribution in [2.24, 2.45) is 34.0 Å². The molecule has 3 heteroatoms. The number of rotatable bonds is 9. The highest BCUT2D eigenvalue weighted by atomic mass is 31.2. The Balaban J connectivity index is 2.34. The average molecular weight is 445 g/mol. The third-order valence-corrected chi connectivity index (χ3v) is 20.1. The summed E-state index contributed by atoms with van der Waals surface area (Å²) in [5.74, 6) is 2.50. The Labute approximate surface area is 180 Å². The van der Waals surface area contributed by atoms with Crippen molar-refractivity contribution in [2.45, 2.75) is 86.2 Å². The minimum absolute atomic E-state index is 0.369. The lowest BCUT2D eigenvalue weighted by Crippen LogP contribution is -2.36. The Morgan fingerprint density at radius 1 is 0.964 bits per heavy atom. The molecular weight excluding hydrogens is 393 g/mol. The standard InChI is InChI=1S/C25H51P3/c1-14-26(11)16-20(27(12)15-2)28(13)22(5,6)17-25-19(4)23(7,8)18(3)21(25)24(25,9)10/h18-21,26-28H,11-17H2,1-10H3. The van der Waals surface area contributed by atoms with E-state index in [9.17, 15) is 0 Å². The maximum Gasteiger partial charge on any atom is -0.00291 e. The molecule has 0 amide bonds. The van der Waals surface area contributed by atoms with Gasteiger partial charge < -0.3 is 0 Å². The first-order valence-corrected chi connectivity index (χ1v) is 17.6. The van der Waals surface area contributed by atoms with Crippen LogP contribution in [0.2, 0.25) is 0 Å². The summed E-state index contributed by atoms with van der Waals surface area (Å²) in [5, 5.41) is 1.19. The van der Waals surface area contributed by atoms with Crippen molar-refractivity contribution in [3.63, 3.8) is 0 Å². The second kappa shape index (κ2) is 8.11. The largest absolute Gasteiger partial charge is 0.124 e. The zero-order valence-corrected chi connectivity index (χ0v) is 23.8. The van der Waals surface area contributed by atoms with Crippen molar-refractivity contribution in [1.29, 1.82) is 0 Å². The molecule has 28 heavy (non-hydrogen) atoms. The van der Waals surface area contributed by atoms with E-state index < -0.39 is 22.6 Å². The Hall–Kier alpha value is 0.900. The van der Waals surface area contributed by atoms with Gasteiger partial charge in [-0.1, -0.05) is 69.2 Å². The van der Waals surface area contributed by atoms with Crippen LogP contribution in [-0.2, 0) is 0 Å². The van der Waals surface area contributed by atoms with Gasteiger partial charge in [0.25, 0.3) is 0 Å². The van der Waals surface area contributed by atoms with Crippen LogP contribution < -0.4 is 0 Å². The SMILES string of the molecule is C=[PH](CC)CC([PH](=C)CC)[PH](=C)C(C)(C)CC12C(C)C(C)(C)C(C)C1C2(C)C. The molecule has 2 rings (SSSR count). The second-order valence-corrected chi connectivity index (χ2v) is 21.0. The van der Waals surface area contributed by atoms with E-state index in [1.165, 1.54) is 24.9 Å². The van der Waals surface area contributed by atoms with Gasteiger partial charge in [-0.15, -0.1) is 41.5 Å². The van der Waals surface area contributed by atoms with Gasteiger partial charge in [0, 0.05) is 0 Å². The Bertz CT molecular complexity index is 665. The molecule has 0 spiro atoms. The summed E-state index contributed by atoms with van der Waals surface area (Å²) in [6, 6.07) is 0. The van der Waals surface area contributed by atoms with Gasteiger partial charge in [-0.25, -0.2) is 0 Å². The molecule has 0 aromatic heterocycles. The van der Waals surface area contributed by atoms with E-state index in [0.717, 1.165) is 23.2 Å². The van der Waals surface area contributed by atoms with Gasteiger partial charge in [0.05, 0.1) is 0 Å². The molecule has 8 unspecified atom stereocenters. The summed E-state index contributed by atoms with van der Waals surface area (Å²) in [5.41, 5.74) is 1.46. The normalized spacial score (nSPS) is 37.7. The first-order chi connectivity index (χ1) is 12.6. The van der Waals surface area contributed by atoms with Crippen molar-refractivity contribution in [2.75, 3.05) is 18.5 Å². The van der Waals surface area contributed by atoms with Crippen LogP contribution in [0.4, 0.5) is 0 Å². The van der Waals surface area contributed by atoms with Crippen molar-refractivity contribution in [1.82, 2.24) is 0 Å². The summed E-state index contributed by atoms with van der Waals surface area (Å²) >= 11 is 0. The van der Waals surface area contributed by atoms with Crippen molar-refractivity contribution < 1.29 is 0 Å². The molecule has 0 N–H and O–H groups in total. The topological polar surface area (TPSA) is 0 Å². The first-order valence-electron chi connectivity index (χ1n) is 11.7. The maximum absolute atomic E-state index is 4.96. The highest BCUT2D eigenvalue weighted by Crippen LogP contribution is 2.86. The molecule has 0 nitrogen and oxygen atoms in total. The van der Waals surface area contributed by atoms with Crippen molar-refractivity contribution in [3.8, 4) is 0 Å². The number of fused-ring (bicyclic) bond motifs is 1. The van der Waals surface area contributed by atoms with E-state index in [-0.39, 0.29) is 0 Å². The number of hydrogen-bond acceptors (Lipinski definition) is 0. The molecule has 0 aromatic rings. The molecule has 0 aromatic carbocycles. The van der Waals surface area contributed by atoms with Crippen molar-refractivity contribution >= 4 is 41.5 Å². The monoisotopic (exact) mass is 444 g/mol. The third-order valence-electron chi connectivity index (χ3n) is 9.98. The molecule has 2 saturated carbocycles. The third kappa shape index (κ3) is 3.69. The lowest BCUT2D eigenvalue weighted by molar-refractivity contribution is 0.0871. The van der Waals surface area contributed by atoms with Crippen LogP contribution in [0, 0.1) is 34.0 Å². The molecule has 166 valence electrons. The molecule has 8 atom stereocenters. The van der Waals surface area contributed by atoms with Crippen LogP contribution >= 0.6 is 22.6 Å². The van der Waals surface area contributed by atoms with Crippen molar-refractivity contribution in [3.05, 3.63) is 0 Å². The van der Waals surface area contributed by atoms with Gasteiger partial charge in [-0.2, -0.15) is 0 Å². The summed E-state index contributed by atoms with van der Waals surface area (Å²) in [6.07, 6.45) is 19.5. The van der Waals surface area contributed by atoms with Crippen LogP contribution in [0.25, 0.3) is 0 Å². The molecule has 2 aliphatic rings. The molecule has 0 aliphatic heterocycles. The zero-order chi connectivity index (χ0) is 21.9. The van der Waals surface area contributed by atoms with Gasteiger partial charge in [-0.05, 0) is 69.5 Å². The molecule has 0 radical (unpaired) electrons. The summed E-state index contributed by atoms with van der Waals surface area (Å²) in [7, 11) is -1.73. The van der Waals surface area contributed by atoms with E-state index in [0.29, 0.717) is 21.4 Å². The van der Waals surface area contributed by atoms with Gasteiger partial charge in [0.15, 0.2) is 0 Å². The Morgan fingerprint density at radius 3 is 1.93 bits per heavy atom. The van der Waals surface area contributed by atoms with Gasteiger partial charge in [0.2, 0.25) is 0 Å². The Kier molecular flexibility index (Phi) is 7.29. The molecule has 0 saturated heterocycles. The van der Waals surface area contributed by atoms with Gasteiger partial charge >= 0.3 is 0 Å². The van der Waals surface area contributed by atoms with Crippen LogP contribution in [0.5, 0.6) is 0 Å². The molecule has 2 fully saturated rings. The fraction of sp³-hybridized carbons (Fsp3) is 0.880. The van der Waals surface area contributed by atoms with Gasteiger partial charge in [0.1, 0.15) is 0 Å². The van der Waals surface area contributed by atoms with Crippen LogP contribution in [0.15, 0.2) is 0 Å². The first kappa shape index (κ1) is 25.2. The minimum Gasteiger partial charge on any atom is -0.124 e. The zero-order valence-electron chi connectivity index (χ0n) is 20.8. The van der Waals surface area contributed by atoms with Crippen LogP contribution in [0.1, 0.15) is 75.7 Å². The molecule has 2 aliphatic carbocycles. The molecule has 0 heterocycles. The average Bonchev–Trinajstić information content (AvgIpc) is 3.04. The lowest BCUT2D eigenvalue weighted by Gasteiger charge is -2.44. The van der Waals surface area contributed by atoms with E-state index >= 15 is 0 Å². The maximum atomic E-state index is 4.96. The van der Waals surface area contributed by atoms with E-state index in [2.05, 4.69) is 75.5 Å². The molecule has 0 bridgehead atoms.